The van der Waals surface area contributed by atoms with Gasteiger partial charge in [-0.25, -0.2) is 9.78 Å². The molecule has 1 aliphatic heterocycles. The van der Waals surface area contributed by atoms with E-state index < -0.39 is 0 Å². The molecule has 4 heterocycles. The Balaban J connectivity index is 0.894. The van der Waals surface area contributed by atoms with E-state index in [1.165, 1.54) is 36.3 Å². The van der Waals surface area contributed by atoms with Gasteiger partial charge in [0.15, 0.2) is 5.82 Å². The van der Waals surface area contributed by atoms with Crippen LogP contribution in [0.1, 0.15) is 81.5 Å². The van der Waals surface area contributed by atoms with E-state index in [0.717, 1.165) is 75.5 Å². The summed E-state index contributed by atoms with van der Waals surface area (Å²) in [6.07, 6.45) is 14.3. The lowest BCUT2D eigenvalue weighted by atomic mass is 9.91. The fourth-order valence-corrected chi connectivity index (χ4v) is 6.48. The van der Waals surface area contributed by atoms with E-state index in [4.69, 9.17) is 0 Å². The number of nitrogens with one attached hydrogen (secondary N) is 6. The number of aromatic nitrogens is 6. The molecule has 0 aromatic carbocycles. The Morgan fingerprint density at radius 2 is 1.66 bits per heavy atom. The van der Waals surface area contributed by atoms with Crippen molar-refractivity contribution in [1.29, 1.82) is 0 Å². The molecule has 0 spiro atoms. The van der Waals surface area contributed by atoms with Gasteiger partial charge in [0.05, 0.1) is 13.1 Å². The molecule has 6 rings (SSSR count). The molecule has 2 aliphatic carbocycles. The maximum Gasteiger partial charge on any atom is 0.315 e. The van der Waals surface area contributed by atoms with Gasteiger partial charge in [0.1, 0.15) is 18.1 Å². The molecule has 0 unspecified atom stereocenters. The van der Waals surface area contributed by atoms with Crippen molar-refractivity contribution < 1.29 is 9.69 Å². The Morgan fingerprint density at radius 3 is 2.41 bits per heavy atom. The number of H-pyrrole nitrogens is 1. The predicted molar refractivity (Wildman–Crippen MR) is 156 cm³/mol. The van der Waals surface area contributed by atoms with Crippen molar-refractivity contribution in [1.82, 2.24) is 41.0 Å². The van der Waals surface area contributed by atoms with Crippen LogP contribution in [-0.4, -0.2) is 67.6 Å². The molecule has 3 aromatic heterocycles. The summed E-state index contributed by atoms with van der Waals surface area (Å²) in [6, 6.07) is 8.58. The highest BCUT2D eigenvalue weighted by molar-refractivity contribution is 5.74. The molecule has 0 bridgehead atoms. The van der Waals surface area contributed by atoms with E-state index in [1.54, 1.807) is 12.4 Å². The number of rotatable bonds is 9. The van der Waals surface area contributed by atoms with E-state index >= 15 is 0 Å². The van der Waals surface area contributed by atoms with Crippen molar-refractivity contribution in [2.75, 3.05) is 23.7 Å². The quantitative estimate of drug-likeness (QED) is 0.234. The number of amides is 2. The molecule has 218 valence electrons. The summed E-state index contributed by atoms with van der Waals surface area (Å²) >= 11 is 0. The second-order valence-corrected chi connectivity index (χ2v) is 11.8. The average molecular weight is 561 g/mol. The van der Waals surface area contributed by atoms with Crippen molar-refractivity contribution >= 4 is 23.6 Å². The van der Waals surface area contributed by atoms with Gasteiger partial charge in [-0.3, -0.25) is 5.10 Å². The van der Waals surface area contributed by atoms with Gasteiger partial charge < -0.3 is 26.2 Å². The molecule has 41 heavy (non-hydrogen) atoms. The van der Waals surface area contributed by atoms with E-state index in [2.05, 4.69) is 57.7 Å². The first kappa shape index (κ1) is 27.4. The van der Waals surface area contributed by atoms with Crippen molar-refractivity contribution in [2.24, 2.45) is 0 Å². The normalized spacial score (nSPS) is 25.0. The molecular weight excluding hydrogens is 518 g/mol. The standard InChI is InChI=1S/C29H41N11O/c41-29(34-23-12-16-40(17-13-23)19-24-6-3-14-31-37-24)33-22-9-7-21(8-10-22)32-28-30-15-11-26(36-28)35-27-18-25(38-39-27)20-4-1-2-5-20/h3,6,11,14-15,18,20-23H,1-2,4-5,7-10,12-13,16-17,19H2,(H2,33,34,41)(H3,30,32,35,36,38,39)/p+1. The van der Waals surface area contributed by atoms with Crippen molar-refractivity contribution in [3.05, 3.63) is 48.0 Å². The van der Waals surface area contributed by atoms with Crippen LogP contribution in [0.4, 0.5) is 22.4 Å². The summed E-state index contributed by atoms with van der Waals surface area (Å²) in [5.41, 5.74) is 2.23. The lowest BCUT2D eigenvalue weighted by Gasteiger charge is -2.32. The summed E-state index contributed by atoms with van der Waals surface area (Å²) in [5.74, 6) is 2.72. The highest BCUT2D eigenvalue weighted by Gasteiger charge is 2.27. The fourth-order valence-electron chi connectivity index (χ4n) is 6.48. The Morgan fingerprint density at radius 1 is 0.902 bits per heavy atom. The number of likely N-dealkylation sites (tertiary alicyclic amines) is 1. The third kappa shape index (κ3) is 7.69. The summed E-state index contributed by atoms with van der Waals surface area (Å²) in [4.78, 5) is 23.3. The molecule has 3 aromatic rings. The number of hydrogen-bond acceptors (Lipinski definition) is 8. The van der Waals surface area contributed by atoms with Crippen LogP contribution < -0.4 is 26.2 Å². The summed E-state index contributed by atoms with van der Waals surface area (Å²) in [5, 5.41) is 29.0. The van der Waals surface area contributed by atoms with Gasteiger partial charge in [0.25, 0.3) is 0 Å². The number of nitrogens with zero attached hydrogens (tertiary/aromatic N) is 5. The highest BCUT2D eigenvalue weighted by atomic mass is 16.2. The molecule has 3 fully saturated rings. The van der Waals surface area contributed by atoms with Crippen LogP contribution in [0.25, 0.3) is 0 Å². The zero-order valence-corrected chi connectivity index (χ0v) is 23.6. The first-order valence-electron chi connectivity index (χ1n) is 15.3. The monoisotopic (exact) mass is 560 g/mol. The molecular formula is C29H42N11O+. The SMILES string of the molecule is O=C(NC1CCC(Nc2nccc(Nc3cc(C4CCCC4)[nH]n3)n2)CC1)NC1CC[NH+](Cc2cccnn2)CC1. The number of hydrogen-bond donors (Lipinski definition) is 6. The van der Waals surface area contributed by atoms with E-state index in [1.807, 2.05) is 18.2 Å². The summed E-state index contributed by atoms with van der Waals surface area (Å²) < 4.78 is 0. The van der Waals surface area contributed by atoms with Gasteiger partial charge >= 0.3 is 6.03 Å². The van der Waals surface area contributed by atoms with Gasteiger partial charge in [-0.15, -0.1) is 5.10 Å². The van der Waals surface area contributed by atoms with Crippen molar-refractivity contribution in [3.63, 3.8) is 0 Å². The number of aromatic amines is 1. The topological polar surface area (TPSA) is 150 Å². The smallest absolute Gasteiger partial charge is 0.315 e. The van der Waals surface area contributed by atoms with Crippen molar-refractivity contribution in [3.8, 4) is 0 Å². The Bertz CT molecular complexity index is 1250. The zero-order valence-electron chi connectivity index (χ0n) is 23.6. The van der Waals surface area contributed by atoms with Crippen LogP contribution in [0.5, 0.6) is 0 Å². The van der Waals surface area contributed by atoms with Crippen LogP contribution in [0.3, 0.4) is 0 Å². The lowest BCUT2D eigenvalue weighted by Crippen LogP contribution is -3.12. The molecule has 3 aliphatic rings. The first-order valence-corrected chi connectivity index (χ1v) is 15.3. The molecule has 0 atom stereocenters. The maximum absolute atomic E-state index is 12.7. The van der Waals surface area contributed by atoms with E-state index in [9.17, 15) is 4.79 Å². The van der Waals surface area contributed by atoms with Gasteiger partial charge in [0.2, 0.25) is 5.95 Å². The third-order valence-electron chi connectivity index (χ3n) is 8.79. The predicted octanol–water partition coefficient (Wildman–Crippen LogP) is 2.66. The number of carbonyl (C=O) groups excluding carboxylic acids is 1. The number of quaternary nitrogens is 1. The van der Waals surface area contributed by atoms with E-state index in [0.29, 0.717) is 11.9 Å². The van der Waals surface area contributed by atoms with Crippen LogP contribution >= 0.6 is 0 Å². The third-order valence-corrected chi connectivity index (χ3v) is 8.79. The minimum absolute atomic E-state index is 0.0413. The van der Waals surface area contributed by atoms with Gasteiger partial charge in [-0.05, 0) is 56.7 Å². The fraction of sp³-hybridized carbons (Fsp3) is 0.586. The van der Waals surface area contributed by atoms with Crippen LogP contribution in [-0.2, 0) is 6.54 Å². The molecule has 1 saturated heterocycles. The first-order chi connectivity index (χ1) is 20.2. The Hall–Kier alpha value is -3.80. The molecule has 6 N–H and O–H groups in total. The summed E-state index contributed by atoms with van der Waals surface area (Å²) in [6.45, 7) is 2.95. The second-order valence-electron chi connectivity index (χ2n) is 11.8. The van der Waals surface area contributed by atoms with Crippen LogP contribution in [0, 0.1) is 0 Å². The maximum atomic E-state index is 12.7. The van der Waals surface area contributed by atoms with Gasteiger partial charge in [0, 0.05) is 61.0 Å². The number of urea groups is 1. The molecule has 2 saturated carbocycles. The summed E-state index contributed by atoms with van der Waals surface area (Å²) in [7, 11) is 0. The van der Waals surface area contributed by atoms with Crippen molar-refractivity contribution in [2.45, 2.75) is 94.8 Å². The average Bonchev–Trinajstić information content (AvgIpc) is 3.69. The second kappa shape index (κ2) is 13.2. The van der Waals surface area contributed by atoms with Gasteiger partial charge in [-0.2, -0.15) is 15.2 Å². The molecule has 0 radical (unpaired) electrons. The van der Waals surface area contributed by atoms with E-state index in [-0.39, 0.29) is 24.2 Å². The zero-order chi connectivity index (χ0) is 27.9. The Labute approximate surface area is 240 Å². The number of piperidine rings is 1. The lowest BCUT2D eigenvalue weighted by molar-refractivity contribution is -0.919. The number of anilines is 3. The van der Waals surface area contributed by atoms with Crippen LogP contribution in [0.2, 0.25) is 0 Å². The highest BCUT2D eigenvalue weighted by Crippen LogP contribution is 2.34. The molecule has 2 amide bonds. The Kier molecular flexibility index (Phi) is 8.84. The molecule has 12 heteroatoms. The minimum Gasteiger partial charge on any atom is -0.351 e. The van der Waals surface area contributed by atoms with Gasteiger partial charge in [-0.1, -0.05) is 12.8 Å². The minimum atomic E-state index is -0.0413. The number of carbonyl (C=O) groups is 1. The molecule has 12 nitrogen and oxygen atoms in total. The van der Waals surface area contributed by atoms with Crippen LogP contribution in [0.15, 0.2) is 36.7 Å². The largest absolute Gasteiger partial charge is 0.351 e.